The lowest BCUT2D eigenvalue weighted by atomic mass is 10.1. The standard InChI is InChI=1S/C11H6FNS/c12-9-3-1-8(2-4-9)10-5-6-14-11(10)7-13/h1-6H. The number of rotatable bonds is 1. The number of benzene rings is 1. The molecule has 2 rings (SSSR count). The second kappa shape index (κ2) is 3.60. The second-order valence-electron chi connectivity index (χ2n) is 2.78. The summed E-state index contributed by atoms with van der Waals surface area (Å²) in [6.45, 7) is 0. The molecule has 0 fully saturated rings. The van der Waals surface area contributed by atoms with E-state index in [0.29, 0.717) is 4.88 Å². The summed E-state index contributed by atoms with van der Waals surface area (Å²) in [5.74, 6) is -0.262. The van der Waals surface area contributed by atoms with Gasteiger partial charge in [0.1, 0.15) is 16.8 Å². The molecule has 1 nitrogen and oxygen atoms in total. The van der Waals surface area contributed by atoms with Crippen LogP contribution in [-0.4, -0.2) is 0 Å². The van der Waals surface area contributed by atoms with E-state index in [0.717, 1.165) is 11.1 Å². The number of halogens is 1. The Labute approximate surface area is 85.1 Å². The Bertz CT molecular complexity index is 479. The summed E-state index contributed by atoms with van der Waals surface area (Å²) in [6, 6.07) is 10.1. The first kappa shape index (κ1) is 8.92. The summed E-state index contributed by atoms with van der Waals surface area (Å²) in [5.41, 5.74) is 1.75. The minimum absolute atomic E-state index is 0.262. The van der Waals surface area contributed by atoms with Crippen molar-refractivity contribution >= 4 is 11.3 Å². The lowest BCUT2D eigenvalue weighted by Gasteiger charge is -1.97. The van der Waals surface area contributed by atoms with E-state index in [9.17, 15) is 4.39 Å². The topological polar surface area (TPSA) is 23.8 Å². The minimum Gasteiger partial charge on any atom is -0.207 e. The van der Waals surface area contributed by atoms with Gasteiger partial charge >= 0.3 is 0 Å². The number of hydrogen-bond acceptors (Lipinski definition) is 2. The number of nitrogens with zero attached hydrogens (tertiary/aromatic N) is 1. The molecule has 1 aromatic heterocycles. The van der Waals surface area contributed by atoms with E-state index in [2.05, 4.69) is 6.07 Å². The van der Waals surface area contributed by atoms with E-state index >= 15 is 0 Å². The molecule has 0 aliphatic carbocycles. The van der Waals surface area contributed by atoms with Crippen molar-refractivity contribution in [2.75, 3.05) is 0 Å². The van der Waals surface area contributed by atoms with Crippen LogP contribution in [0.25, 0.3) is 11.1 Å². The zero-order valence-electron chi connectivity index (χ0n) is 7.20. The van der Waals surface area contributed by atoms with Crippen LogP contribution in [0, 0.1) is 17.1 Å². The first-order valence-electron chi connectivity index (χ1n) is 4.05. The Kier molecular flexibility index (Phi) is 2.30. The summed E-state index contributed by atoms with van der Waals surface area (Å²) in [7, 11) is 0. The van der Waals surface area contributed by atoms with Gasteiger partial charge in [0.15, 0.2) is 0 Å². The quantitative estimate of drug-likeness (QED) is 0.696. The largest absolute Gasteiger partial charge is 0.207 e. The van der Waals surface area contributed by atoms with E-state index in [1.807, 2.05) is 11.4 Å². The normalized spacial score (nSPS) is 9.71. The maximum Gasteiger partial charge on any atom is 0.123 e. The third-order valence-corrected chi connectivity index (χ3v) is 2.74. The fourth-order valence-corrected chi connectivity index (χ4v) is 1.96. The van der Waals surface area contributed by atoms with Gasteiger partial charge in [-0.25, -0.2) is 4.39 Å². The zero-order valence-corrected chi connectivity index (χ0v) is 8.01. The van der Waals surface area contributed by atoms with Gasteiger partial charge in [0.2, 0.25) is 0 Å². The van der Waals surface area contributed by atoms with Crippen LogP contribution >= 0.6 is 11.3 Å². The molecule has 3 heteroatoms. The van der Waals surface area contributed by atoms with Gasteiger partial charge in [0.25, 0.3) is 0 Å². The predicted molar refractivity (Wildman–Crippen MR) is 54.4 cm³/mol. The van der Waals surface area contributed by atoms with E-state index < -0.39 is 0 Å². The highest BCUT2D eigenvalue weighted by atomic mass is 32.1. The van der Waals surface area contributed by atoms with Gasteiger partial charge in [0, 0.05) is 5.56 Å². The molecule has 0 atom stereocenters. The summed E-state index contributed by atoms with van der Waals surface area (Å²) in [4.78, 5) is 0.664. The van der Waals surface area contributed by atoms with Gasteiger partial charge in [-0.15, -0.1) is 11.3 Å². The predicted octanol–water partition coefficient (Wildman–Crippen LogP) is 3.43. The lowest BCUT2D eigenvalue weighted by Crippen LogP contribution is -1.78. The molecule has 0 N–H and O–H groups in total. The first-order valence-corrected chi connectivity index (χ1v) is 4.93. The molecule has 0 unspecified atom stereocenters. The highest BCUT2D eigenvalue weighted by Gasteiger charge is 2.05. The Morgan fingerprint density at radius 1 is 1.14 bits per heavy atom. The average Bonchev–Trinajstić information content (AvgIpc) is 2.67. The SMILES string of the molecule is N#Cc1sccc1-c1ccc(F)cc1. The van der Waals surface area contributed by atoms with Gasteiger partial charge < -0.3 is 0 Å². The number of thiophene rings is 1. The smallest absolute Gasteiger partial charge is 0.123 e. The molecular formula is C11H6FNS. The van der Waals surface area contributed by atoms with Crippen molar-refractivity contribution in [1.82, 2.24) is 0 Å². The molecule has 1 heterocycles. The fourth-order valence-electron chi connectivity index (χ4n) is 1.25. The molecular weight excluding hydrogens is 197 g/mol. The van der Waals surface area contributed by atoms with Crippen LogP contribution in [0.5, 0.6) is 0 Å². The van der Waals surface area contributed by atoms with Crippen molar-refractivity contribution in [3.8, 4) is 17.2 Å². The summed E-state index contributed by atoms with van der Waals surface area (Å²) in [5, 5.41) is 10.7. The average molecular weight is 203 g/mol. The molecule has 68 valence electrons. The molecule has 0 saturated heterocycles. The van der Waals surface area contributed by atoms with Gasteiger partial charge in [-0.05, 0) is 29.1 Å². The van der Waals surface area contributed by atoms with Crippen molar-refractivity contribution in [2.24, 2.45) is 0 Å². The van der Waals surface area contributed by atoms with Crippen LogP contribution in [-0.2, 0) is 0 Å². The van der Waals surface area contributed by atoms with Crippen molar-refractivity contribution in [1.29, 1.82) is 5.26 Å². The van der Waals surface area contributed by atoms with Crippen molar-refractivity contribution in [2.45, 2.75) is 0 Å². The highest BCUT2D eigenvalue weighted by Crippen LogP contribution is 2.27. The molecule has 0 aliphatic rings. The molecule has 0 radical (unpaired) electrons. The maximum atomic E-state index is 12.6. The van der Waals surface area contributed by atoms with Crippen molar-refractivity contribution in [3.05, 3.63) is 46.4 Å². The third kappa shape index (κ3) is 1.52. The minimum atomic E-state index is -0.262. The molecule has 14 heavy (non-hydrogen) atoms. The van der Waals surface area contributed by atoms with E-state index in [-0.39, 0.29) is 5.82 Å². The lowest BCUT2D eigenvalue weighted by molar-refractivity contribution is 0.628. The second-order valence-corrected chi connectivity index (χ2v) is 3.70. The Hall–Kier alpha value is -1.66. The van der Waals surface area contributed by atoms with Crippen LogP contribution in [0.4, 0.5) is 4.39 Å². The van der Waals surface area contributed by atoms with Gasteiger partial charge in [-0.2, -0.15) is 5.26 Å². The Balaban J connectivity index is 2.50. The first-order chi connectivity index (χ1) is 6.81. The van der Waals surface area contributed by atoms with Crippen molar-refractivity contribution < 1.29 is 4.39 Å². The molecule has 0 amide bonds. The number of nitriles is 1. The Morgan fingerprint density at radius 2 is 1.86 bits per heavy atom. The van der Waals surface area contributed by atoms with Crippen LogP contribution in [0.1, 0.15) is 4.88 Å². The molecule has 0 spiro atoms. The van der Waals surface area contributed by atoms with Crippen LogP contribution < -0.4 is 0 Å². The summed E-state index contributed by atoms with van der Waals surface area (Å²) in [6.07, 6.45) is 0. The zero-order chi connectivity index (χ0) is 9.97. The molecule has 2 aromatic rings. The highest BCUT2D eigenvalue weighted by molar-refractivity contribution is 7.11. The van der Waals surface area contributed by atoms with E-state index in [1.165, 1.54) is 23.5 Å². The van der Waals surface area contributed by atoms with Crippen LogP contribution in [0.15, 0.2) is 35.7 Å². The summed E-state index contributed by atoms with van der Waals surface area (Å²) < 4.78 is 12.6. The van der Waals surface area contributed by atoms with E-state index in [1.54, 1.807) is 12.1 Å². The van der Waals surface area contributed by atoms with Gasteiger partial charge in [-0.1, -0.05) is 12.1 Å². The maximum absolute atomic E-state index is 12.6. The number of hydrogen-bond donors (Lipinski definition) is 0. The van der Waals surface area contributed by atoms with E-state index in [4.69, 9.17) is 5.26 Å². The fraction of sp³-hybridized carbons (Fsp3) is 0. The van der Waals surface area contributed by atoms with Crippen LogP contribution in [0.2, 0.25) is 0 Å². The molecule has 1 aromatic carbocycles. The summed E-state index contributed by atoms with van der Waals surface area (Å²) >= 11 is 1.39. The monoisotopic (exact) mass is 203 g/mol. The molecule has 0 bridgehead atoms. The molecule has 0 aliphatic heterocycles. The third-order valence-electron chi connectivity index (χ3n) is 1.92. The Morgan fingerprint density at radius 3 is 2.50 bits per heavy atom. The van der Waals surface area contributed by atoms with Crippen LogP contribution in [0.3, 0.4) is 0 Å². The van der Waals surface area contributed by atoms with Crippen molar-refractivity contribution in [3.63, 3.8) is 0 Å². The van der Waals surface area contributed by atoms with Gasteiger partial charge in [0.05, 0.1) is 0 Å². The molecule has 0 saturated carbocycles. The van der Waals surface area contributed by atoms with Gasteiger partial charge in [-0.3, -0.25) is 0 Å².